The van der Waals surface area contributed by atoms with E-state index in [1.807, 2.05) is 0 Å². The Hall–Kier alpha value is -3.48. The van der Waals surface area contributed by atoms with Gasteiger partial charge in [-0.05, 0) is 48.5 Å². The van der Waals surface area contributed by atoms with Gasteiger partial charge in [0.05, 0.1) is 25.5 Å². The summed E-state index contributed by atoms with van der Waals surface area (Å²) in [5.41, 5.74) is 0.438. The lowest BCUT2D eigenvalue weighted by molar-refractivity contribution is 0.0600. The van der Waals surface area contributed by atoms with E-state index in [2.05, 4.69) is 10.1 Å². The van der Waals surface area contributed by atoms with Gasteiger partial charge in [-0.2, -0.15) is 0 Å². The number of carbonyl (C=O) groups is 2. The molecule has 0 saturated heterocycles. The molecule has 0 spiro atoms. The number of furan rings is 2. The highest BCUT2D eigenvalue weighted by molar-refractivity contribution is 5.91. The molecule has 3 aromatic rings. The van der Waals surface area contributed by atoms with E-state index in [0.29, 0.717) is 22.8 Å². The van der Waals surface area contributed by atoms with Crippen LogP contribution in [0.1, 0.15) is 32.4 Å². The molecule has 2 heterocycles. The summed E-state index contributed by atoms with van der Waals surface area (Å²) in [5.74, 6) is 1.17. The van der Waals surface area contributed by atoms with E-state index in [1.165, 1.54) is 7.11 Å². The minimum Gasteiger partial charge on any atom is -0.486 e. The van der Waals surface area contributed by atoms with Crippen LogP contribution < -0.4 is 10.1 Å². The molecule has 0 aliphatic carbocycles. The number of hydrogen-bond acceptors (Lipinski definition) is 6. The second kappa shape index (κ2) is 8.06. The van der Waals surface area contributed by atoms with Crippen molar-refractivity contribution < 1.29 is 27.9 Å². The molecule has 0 saturated carbocycles. The van der Waals surface area contributed by atoms with Crippen molar-refractivity contribution in [3.63, 3.8) is 0 Å². The van der Waals surface area contributed by atoms with Crippen molar-refractivity contribution in [2.45, 2.75) is 13.2 Å². The molecule has 0 aliphatic heterocycles. The number of esters is 1. The zero-order valence-corrected chi connectivity index (χ0v) is 14.1. The van der Waals surface area contributed by atoms with Crippen molar-refractivity contribution in [2.75, 3.05) is 7.11 Å². The zero-order valence-electron chi connectivity index (χ0n) is 14.1. The Labute approximate surface area is 149 Å². The summed E-state index contributed by atoms with van der Waals surface area (Å²) in [4.78, 5) is 23.4. The third kappa shape index (κ3) is 4.32. The number of ether oxygens (including phenoxy) is 2. The molecular weight excluding hydrogens is 338 g/mol. The van der Waals surface area contributed by atoms with Crippen LogP contribution in [0.3, 0.4) is 0 Å². The minimum atomic E-state index is -0.409. The lowest BCUT2D eigenvalue weighted by Crippen LogP contribution is -2.21. The first kappa shape index (κ1) is 17.3. The van der Waals surface area contributed by atoms with Gasteiger partial charge in [-0.3, -0.25) is 4.79 Å². The van der Waals surface area contributed by atoms with E-state index < -0.39 is 5.97 Å². The van der Waals surface area contributed by atoms with Crippen LogP contribution in [0.15, 0.2) is 63.6 Å². The molecule has 0 aliphatic rings. The molecule has 3 rings (SSSR count). The summed E-state index contributed by atoms with van der Waals surface area (Å²) in [6.45, 7) is 0.438. The Bertz CT molecular complexity index is 864. The van der Waals surface area contributed by atoms with E-state index >= 15 is 0 Å². The van der Waals surface area contributed by atoms with Gasteiger partial charge in [0, 0.05) is 0 Å². The maximum absolute atomic E-state index is 12.0. The van der Waals surface area contributed by atoms with Crippen LogP contribution >= 0.6 is 0 Å². The number of amides is 1. The second-order valence-corrected chi connectivity index (χ2v) is 5.33. The highest BCUT2D eigenvalue weighted by atomic mass is 16.5. The van der Waals surface area contributed by atoms with Crippen LogP contribution in [0.4, 0.5) is 0 Å². The molecular formula is C19H17NO6. The average Bonchev–Trinajstić information content (AvgIpc) is 3.36. The van der Waals surface area contributed by atoms with Gasteiger partial charge in [0.15, 0.2) is 5.76 Å². The summed E-state index contributed by atoms with van der Waals surface area (Å²) in [6, 6.07) is 13.3. The van der Waals surface area contributed by atoms with Crippen LogP contribution in [-0.4, -0.2) is 19.0 Å². The largest absolute Gasteiger partial charge is 0.486 e. The van der Waals surface area contributed by atoms with Crippen molar-refractivity contribution >= 4 is 11.9 Å². The van der Waals surface area contributed by atoms with Gasteiger partial charge in [-0.15, -0.1) is 0 Å². The Kier molecular flexibility index (Phi) is 5.38. The summed E-state index contributed by atoms with van der Waals surface area (Å²) in [5, 5.41) is 2.70. The molecule has 0 atom stereocenters. The number of carbonyl (C=O) groups excluding carboxylic acids is 2. The topological polar surface area (TPSA) is 90.9 Å². The molecule has 0 bridgehead atoms. The molecule has 7 nitrogen and oxygen atoms in total. The van der Waals surface area contributed by atoms with Gasteiger partial charge >= 0.3 is 5.97 Å². The number of rotatable bonds is 7. The highest BCUT2D eigenvalue weighted by Crippen LogP contribution is 2.16. The van der Waals surface area contributed by atoms with Crippen LogP contribution in [0.25, 0.3) is 0 Å². The molecule has 134 valence electrons. The second-order valence-electron chi connectivity index (χ2n) is 5.33. The fraction of sp³-hybridized carbons (Fsp3) is 0.158. The first-order valence-corrected chi connectivity index (χ1v) is 7.86. The smallest absolute Gasteiger partial charge is 0.337 e. The Morgan fingerprint density at radius 2 is 1.85 bits per heavy atom. The summed E-state index contributed by atoms with van der Waals surface area (Å²) in [7, 11) is 1.33. The first-order chi connectivity index (χ1) is 12.7. The average molecular weight is 355 g/mol. The van der Waals surface area contributed by atoms with Gasteiger partial charge in [-0.1, -0.05) is 0 Å². The van der Waals surface area contributed by atoms with Gasteiger partial charge in [-0.25, -0.2) is 4.79 Å². The SMILES string of the molecule is COC(=O)c1ccc(OCc2ccc(C(=O)NCc3ccco3)o2)cc1. The maximum atomic E-state index is 12.0. The monoisotopic (exact) mass is 355 g/mol. The predicted octanol–water partition coefficient (Wildman–Crippen LogP) is 3.17. The molecule has 7 heteroatoms. The molecule has 0 radical (unpaired) electrons. The van der Waals surface area contributed by atoms with Crippen LogP contribution in [0.2, 0.25) is 0 Å². The first-order valence-electron chi connectivity index (χ1n) is 7.86. The summed E-state index contributed by atoms with van der Waals surface area (Å²) >= 11 is 0. The van der Waals surface area contributed by atoms with E-state index in [4.69, 9.17) is 13.6 Å². The van der Waals surface area contributed by atoms with Gasteiger partial charge in [0.1, 0.15) is 23.9 Å². The number of nitrogens with one attached hydrogen (secondary N) is 1. The summed E-state index contributed by atoms with van der Waals surface area (Å²) < 4.78 is 20.8. The zero-order chi connectivity index (χ0) is 18.4. The Morgan fingerprint density at radius 1 is 1.04 bits per heavy atom. The fourth-order valence-electron chi connectivity index (χ4n) is 2.20. The lowest BCUT2D eigenvalue weighted by Gasteiger charge is -2.05. The van der Waals surface area contributed by atoms with Gasteiger partial charge in [0.25, 0.3) is 5.91 Å². The van der Waals surface area contributed by atoms with Gasteiger partial charge < -0.3 is 23.6 Å². The predicted molar refractivity (Wildman–Crippen MR) is 90.7 cm³/mol. The van der Waals surface area contributed by atoms with Crippen molar-refractivity contribution in [3.8, 4) is 5.75 Å². The molecule has 0 fully saturated rings. The molecule has 2 aromatic heterocycles. The summed E-state index contributed by atoms with van der Waals surface area (Å²) in [6.07, 6.45) is 1.54. The normalized spacial score (nSPS) is 10.3. The van der Waals surface area contributed by atoms with Crippen molar-refractivity contribution in [2.24, 2.45) is 0 Å². The third-order valence-electron chi connectivity index (χ3n) is 3.55. The van der Waals surface area contributed by atoms with E-state index in [9.17, 15) is 9.59 Å². The number of benzene rings is 1. The standard InChI is InChI=1S/C19H17NO6/c1-23-19(22)13-4-6-14(7-5-13)25-12-16-8-9-17(26-16)18(21)20-11-15-3-2-10-24-15/h2-10H,11-12H2,1H3,(H,20,21). The Morgan fingerprint density at radius 3 is 2.54 bits per heavy atom. The number of methoxy groups -OCH3 is 1. The highest BCUT2D eigenvalue weighted by Gasteiger charge is 2.12. The van der Waals surface area contributed by atoms with Crippen LogP contribution in [-0.2, 0) is 17.9 Å². The van der Waals surface area contributed by atoms with Crippen LogP contribution in [0.5, 0.6) is 5.75 Å². The molecule has 0 unspecified atom stereocenters. The minimum absolute atomic E-state index is 0.156. The molecule has 1 aromatic carbocycles. The Balaban J connectivity index is 1.51. The van der Waals surface area contributed by atoms with Crippen molar-refractivity contribution in [1.82, 2.24) is 5.32 Å². The van der Waals surface area contributed by atoms with E-state index in [-0.39, 0.29) is 24.8 Å². The fourth-order valence-corrected chi connectivity index (χ4v) is 2.20. The maximum Gasteiger partial charge on any atom is 0.337 e. The third-order valence-corrected chi connectivity index (χ3v) is 3.55. The molecule has 1 N–H and O–H groups in total. The quantitative estimate of drug-likeness (QED) is 0.655. The van der Waals surface area contributed by atoms with Gasteiger partial charge in [0.2, 0.25) is 0 Å². The van der Waals surface area contributed by atoms with Crippen molar-refractivity contribution in [1.29, 1.82) is 0 Å². The van der Waals surface area contributed by atoms with E-state index in [1.54, 1.807) is 54.8 Å². The lowest BCUT2D eigenvalue weighted by atomic mass is 10.2. The van der Waals surface area contributed by atoms with Crippen LogP contribution in [0, 0.1) is 0 Å². The number of hydrogen-bond donors (Lipinski definition) is 1. The van der Waals surface area contributed by atoms with E-state index in [0.717, 1.165) is 0 Å². The molecule has 1 amide bonds. The molecule has 26 heavy (non-hydrogen) atoms. The van der Waals surface area contributed by atoms with Crippen molar-refractivity contribution in [3.05, 3.63) is 77.6 Å².